The summed E-state index contributed by atoms with van der Waals surface area (Å²) < 4.78 is 5.36. The Bertz CT molecular complexity index is 330. The van der Waals surface area contributed by atoms with Crippen molar-refractivity contribution in [2.24, 2.45) is 5.41 Å². The molecule has 90 valence electrons. The Morgan fingerprint density at radius 2 is 2.19 bits per heavy atom. The van der Waals surface area contributed by atoms with Gasteiger partial charge in [-0.2, -0.15) is 0 Å². The third kappa shape index (κ3) is 2.16. The van der Waals surface area contributed by atoms with Crippen LogP contribution in [0.25, 0.3) is 0 Å². The van der Waals surface area contributed by atoms with Gasteiger partial charge in [0.1, 0.15) is 6.10 Å². The van der Waals surface area contributed by atoms with Crippen molar-refractivity contribution in [3.63, 3.8) is 0 Å². The average Bonchev–Trinajstić information content (AvgIpc) is 2.19. The topological polar surface area (TPSA) is 26.3 Å². The molecule has 0 heterocycles. The van der Waals surface area contributed by atoms with Crippen molar-refractivity contribution in [3.8, 4) is 0 Å². The number of fused-ring (bicyclic) bond motifs is 1. The highest BCUT2D eigenvalue weighted by molar-refractivity contribution is 5.66. The molecule has 0 radical (unpaired) electrons. The summed E-state index contributed by atoms with van der Waals surface area (Å²) >= 11 is 0. The molecule has 2 heteroatoms. The number of hydrogen-bond donors (Lipinski definition) is 0. The minimum Gasteiger partial charge on any atom is -0.462 e. The van der Waals surface area contributed by atoms with E-state index in [1.807, 2.05) is 0 Å². The maximum absolute atomic E-state index is 11.0. The van der Waals surface area contributed by atoms with Crippen LogP contribution in [0.2, 0.25) is 0 Å². The predicted molar refractivity (Wildman–Crippen MR) is 64.1 cm³/mol. The molecule has 2 unspecified atom stereocenters. The van der Waals surface area contributed by atoms with Crippen molar-refractivity contribution in [3.05, 3.63) is 11.1 Å². The van der Waals surface area contributed by atoms with Crippen molar-refractivity contribution < 1.29 is 9.53 Å². The van der Waals surface area contributed by atoms with Gasteiger partial charge in [0.2, 0.25) is 0 Å². The van der Waals surface area contributed by atoms with E-state index in [2.05, 4.69) is 13.8 Å². The van der Waals surface area contributed by atoms with Crippen LogP contribution in [0, 0.1) is 5.41 Å². The summed E-state index contributed by atoms with van der Waals surface area (Å²) in [6.45, 7) is 6.15. The minimum absolute atomic E-state index is 0.133. The second kappa shape index (κ2) is 4.23. The molecule has 0 bridgehead atoms. The Kier molecular flexibility index (Phi) is 3.09. The summed E-state index contributed by atoms with van der Waals surface area (Å²) in [4.78, 5) is 11.0. The van der Waals surface area contributed by atoms with E-state index in [0.29, 0.717) is 5.41 Å². The maximum atomic E-state index is 11.0. The molecule has 2 rings (SSSR count). The predicted octanol–water partition coefficient (Wildman–Crippen LogP) is 3.61. The third-order valence-electron chi connectivity index (χ3n) is 4.31. The minimum atomic E-state index is -0.136. The van der Waals surface area contributed by atoms with Crippen LogP contribution in [0.15, 0.2) is 11.1 Å². The molecule has 0 aromatic rings. The van der Waals surface area contributed by atoms with Gasteiger partial charge in [0.25, 0.3) is 0 Å². The molecule has 2 aliphatic rings. The monoisotopic (exact) mass is 222 g/mol. The zero-order chi connectivity index (χ0) is 11.8. The van der Waals surface area contributed by atoms with Crippen molar-refractivity contribution in [1.29, 1.82) is 0 Å². The molecule has 16 heavy (non-hydrogen) atoms. The van der Waals surface area contributed by atoms with E-state index in [0.717, 1.165) is 12.8 Å². The third-order valence-corrected chi connectivity index (χ3v) is 4.31. The summed E-state index contributed by atoms with van der Waals surface area (Å²) in [5.41, 5.74) is 3.53. The quantitative estimate of drug-likeness (QED) is 0.500. The van der Waals surface area contributed by atoms with Crippen LogP contribution in [-0.2, 0) is 9.53 Å². The van der Waals surface area contributed by atoms with Gasteiger partial charge in [-0.1, -0.05) is 18.1 Å². The van der Waals surface area contributed by atoms with Crippen LogP contribution in [-0.4, -0.2) is 12.1 Å². The Hall–Kier alpha value is -0.790. The van der Waals surface area contributed by atoms with Crippen molar-refractivity contribution >= 4 is 5.97 Å². The van der Waals surface area contributed by atoms with Gasteiger partial charge < -0.3 is 4.74 Å². The maximum Gasteiger partial charge on any atom is 0.302 e. The first-order valence-corrected chi connectivity index (χ1v) is 6.37. The van der Waals surface area contributed by atoms with Crippen molar-refractivity contribution in [2.45, 2.75) is 65.4 Å². The molecule has 0 N–H and O–H groups in total. The van der Waals surface area contributed by atoms with E-state index in [4.69, 9.17) is 4.74 Å². The van der Waals surface area contributed by atoms with Gasteiger partial charge in [0, 0.05) is 13.3 Å². The van der Waals surface area contributed by atoms with Crippen LogP contribution < -0.4 is 0 Å². The molecule has 2 nitrogen and oxygen atoms in total. The van der Waals surface area contributed by atoms with Crippen molar-refractivity contribution in [1.82, 2.24) is 0 Å². The molecule has 1 saturated carbocycles. The molecular formula is C14H22O2. The molecule has 1 fully saturated rings. The zero-order valence-corrected chi connectivity index (χ0v) is 10.6. The number of hydrogen-bond acceptors (Lipinski definition) is 2. The molecular weight excluding hydrogens is 200 g/mol. The van der Waals surface area contributed by atoms with Crippen LogP contribution >= 0.6 is 0 Å². The second-order valence-electron chi connectivity index (χ2n) is 5.65. The Morgan fingerprint density at radius 1 is 1.44 bits per heavy atom. The van der Waals surface area contributed by atoms with Gasteiger partial charge in [0.15, 0.2) is 0 Å². The molecule has 2 atom stereocenters. The smallest absolute Gasteiger partial charge is 0.302 e. The summed E-state index contributed by atoms with van der Waals surface area (Å²) in [6, 6.07) is 0. The van der Waals surface area contributed by atoms with Gasteiger partial charge in [0.05, 0.1) is 0 Å². The lowest BCUT2D eigenvalue weighted by Gasteiger charge is -2.43. The van der Waals surface area contributed by atoms with E-state index in [9.17, 15) is 4.79 Å². The first kappa shape index (κ1) is 11.7. The highest BCUT2D eigenvalue weighted by Crippen LogP contribution is 2.49. The molecule has 0 aliphatic heterocycles. The van der Waals surface area contributed by atoms with E-state index < -0.39 is 0 Å². The number of rotatable bonds is 1. The fourth-order valence-electron chi connectivity index (χ4n) is 3.40. The highest BCUT2D eigenvalue weighted by atomic mass is 16.5. The molecule has 0 aromatic carbocycles. The fourth-order valence-corrected chi connectivity index (χ4v) is 3.40. The van der Waals surface area contributed by atoms with E-state index in [1.54, 1.807) is 11.1 Å². The van der Waals surface area contributed by atoms with Gasteiger partial charge in [-0.3, -0.25) is 4.79 Å². The Labute approximate surface area is 98.1 Å². The number of carbonyl (C=O) groups excluding carboxylic acids is 1. The lowest BCUT2D eigenvalue weighted by atomic mass is 9.63. The Balaban J connectivity index is 2.14. The average molecular weight is 222 g/mol. The number of ether oxygens (including phenoxy) is 1. The summed E-state index contributed by atoms with van der Waals surface area (Å²) in [6.07, 6.45) is 7.19. The first-order valence-electron chi connectivity index (χ1n) is 6.37. The fraction of sp³-hybridized carbons (Fsp3) is 0.786. The Morgan fingerprint density at radius 3 is 2.88 bits per heavy atom. The largest absolute Gasteiger partial charge is 0.462 e. The van der Waals surface area contributed by atoms with Crippen molar-refractivity contribution in [2.75, 3.05) is 0 Å². The number of esters is 1. The normalized spacial score (nSPS) is 34.6. The SMILES string of the molecule is CC(=O)OC1CCC2(C)CCCC(C)=C2C1. The molecule has 0 aromatic heterocycles. The molecule has 0 saturated heterocycles. The van der Waals surface area contributed by atoms with Gasteiger partial charge in [-0.25, -0.2) is 0 Å². The van der Waals surface area contributed by atoms with Gasteiger partial charge in [-0.05, 0) is 44.4 Å². The standard InChI is InChI=1S/C14H22O2/c1-10-5-4-7-14(3)8-6-12(9-13(10)14)16-11(2)15/h12H,4-9H2,1-3H3. The van der Waals surface area contributed by atoms with Gasteiger partial charge >= 0.3 is 5.97 Å². The van der Waals surface area contributed by atoms with Crippen LogP contribution in [0.1, 0.15) is 59.3 Å². The number of carbonyl (C=O) groups is 1. The summed E-state index contributed by atoms with van der Waals surface area (Å²) in [5.74, 6) is -0.136. The first-order chi connectivity index (χ1) is 7.51. The second-order valence-corrected chi connectivity index (χ2v) is 5.65. The zero-order valence-electron chi connectivity index (χ0n) is 10.6. The molecule has 0 amide bonds. The molecule has 2 aliphatic carbocycles. The van der Waals surface area contributed by atoms with Crippen LogP contribution in [0.3, 0.4) is 0 Å². The van der Waals surface area contributed by atoms with Gasteiger partial charge in [-0.15, -0.1) is 0 Å². The van der Waals surface area contributed by atoms with E-state index >= 15 is 0 Å². The van der Waals surface area contributed by atoms with E-state index in [-0.39, 0.29) is 12.1 Å². The number of allylic oxidation sites excluding steroid dienone is 1. The van der Waals surface area contributed by atoms with Crippen LogP contribution in [0.4, 0.5) is 0 Å². The van der Waals surface area contributed by atoms with E-state index in [1.165, 1.54) is 32.6 Å². The summed E-state index contributed by atoms with van der Waals surface area (Å²) in [7, 11) is 0. The van der Waals surface area contributed by atoms with Crippen LogP contribution in [0.5, 0.6) is 0 Å². The lowest BCUT2D eigenvalue weighted by Crippen LogP contribution is -2.34. The lowest BCUT2D eigenvalue weighted by molar-refractivity contribution is -0.147. The highest BCUT2D eigenvalue weighted by Gasteiger charge is 2.38. The summed E-state index contributed by atoms with van der Waals surface area (Å²) in [5, 5.41) is 0. The molecule has 0 spiro atoms.